The molecule has 0 spiro atoms. The van der Waals surface area contributed by atoms with Gasteiger partial charge in [-0.05, 0) is 24.3 Å². The van der Waals surface area contributed by atoms with Crippen molar-refractivity contribution < 1.29 is 0 Å². The first kappa shape index (κ1) is 11.2. The third-order valence-corrected chi connectivity index (χ3v) is 4.03. The Morgan fingerprint density at radius 3 is 2.56 bits per heavy atom. The third kappa shape index (κ3) is 1.58. The second kappa shape index (κ2) is 4.09. The predicted molar refractivity (Wildman–Crippen MR) is 73.2 cm³/mol. The molecule has 0 radical (unpaired) electrons. The fraction of sp³-hybridized carbons (Fsp3) is 0.333. The second-order valence-corrected chi connectivity index (χ2v) is 5.17. The Morgan fingerprint density at radius 2 is 1.83 bits per heavy atom. The fourth-order valence-corrected chi connectivity index (χ4v) is 3.13. The number of hydrogen-bond acceptors (Lipinski definition) is 2. The first-order valence-electron chi connectivity index (χ1n) is 6.41. The predicted octanol–water partition coefficient (Wildman–Crippen LogP) is 3.05. The summed E-state index contributed by atoms with van der Waals surface area (Å²) in [5.74, 6) is 1.65. The molecule has 0 fully saturated rings. The van der Waals surface area contributed by atoms with Gasteiger partial charge in [-0.1, -0.05) is 37.3 Å². The molecule has 1 aliphatic carbocycles. The summed E-state index contributed by atoms with van der Waals surface area (Å²) in [6.07, 6.45) is 2.02. The molecule has 0 amide bonds. The van der Waals surface area contributed by atoms with Crippen LogP contribution in [0.15, 0.2) is 41.5 Å². The van der Waals surface area contributed by atoms with Crippen molar-refractivity contribution in [2.24, 2.45) is 5.92 Å². The van der Waals surface area contributed by atoms with Gasteiger partial charge in [-0.25, -0.2) is 0 Å². The van der Waals surface area contributed by atoms with Gasteiger partial charge < -0.3 is 5.32 Å². The first-order valence-corrected chi connectivity index (χ1v) is 6.41. The topological polar surface area (TPSA) is 59.7 Å². The summed E-state index contributed by atoms with van der Waals surface area (Å²) in [7, 11) is 0. The van der Waals surface area contributed by atoms with E-state index in [-0.39, 0.29) is 5.92 Å². The summed E-state index contributed by atoms with van der Waals surface area (Å²) >= 11 is 0. The highest BCUT2D eigenvalue weighted by atomic mass is 15.0. The normalized spacial score (nSPS) is 27.2. The van der Waals surface area contributed by atoms with Crippen LogP contribution in [0.3, 0.4) is 0 Å². The van der Waals surface area contributed by atoms with Gasteiger partial charge in [0.25, 0.3) is 0 Å². The number of rotatable bonds is 1. The Bertz CT molecular complexity index is 542. The van der Waals surface area contributed by atoms with Crippen LogP contribution in [0.4, 0.5) is 0 Å². The van der Waals surface area contributed by atoms with Gasteiger partial charge in [-0.3, -0.25) is 10.8 Å². The van der Waals surface area contributed by atoms with Crippen LogP contribution in [0, 0.1) is 16.7 Å². The number of amidine groups is 2. The standard InChI is InChI=1S/C15H17N3/c1-9-7-8-11-13(15(17)18-14(11)16)12(9)10-5-3-2-4-6-10/h2-6,9,12H,7-8H2,1H3,(H3,16,17,18). The van der Waals surface area contributed by atoms with Crippen molar-refractivity contribution in [3.05, 3.63) is 47.0 Å². The van der Waals surface area contributed by atoms with Crippen molar-refractivity contribution in [2.45, 2.75) is 25.7 Å². The Balaban J connectivity index is 2.12. The third-order valence-electron chi connectivity index (χ3n) is 4.03. The molecule has 3 rings (SSSR count). The number of nitrogens with one attached hydrogen (secondary N) is 3. The Morgan fingerprint density at radius 1 is 1.11 bits per heavy atom. The molecule has 3 N–H and O–H groups in total. The van der Waals surface area contributed by atoms with Gasteiger partial charge in [0.15, 0.2) is 0 Å². The van der Waals surface area contributed by atoms with Crippen LogP contribution in [-0.4, -0.2) is 11.7 Å². The SMILES string of the molecule is CC1CCC2=C(C(=N)NC2=N)C1c1ccccc1. The molecule has 3 heteroatoms. The lowest BCUT2D eigenvalue weighted by Crippen LogP contribution is -2.24. The van der Waals surface area contributed by atoms with E-state index >= 15 is 0 Å². The molecule has 1 heterocycles. The highest BCUT2D eigenvalue weighted by molar-refractivity contribution is 6.22. The lowest BCUT2D eigenvalue weighted by atomic mass is 9.73. The van der Waals surface area contributed by atoms with Gasteiger partial charge in [-0.2, -0.15) is 0 Å². The minimum absolute atomic E-state index is 0.262. The molecule has 1 aromatic carbocycles. The summed E-state index contributed by atoms with van der Waals surface area (Å²) in [6.45, 7) is 2.25. The molecule has 2 atom stereocenters. The summed E-state index contributed by atoms with van der Waals surface area (Å²) in [6, 6.07) is 10.4. The van der Waals surface area contributed by atoms with Crippen molar-refractivity contribution in [1.29, 1.82) is 10.8 Å². The lowest BCUT2D eigenvalue weighted by Gasteiger charge is -2.30. The average molecular weight is 239 g/mol. The molecule has 0 saturated heterocycles. The zero-order chi connectivity index (χ0) is 12.7. The lowest BCUT2D eigenvalue weighted by molar-refractivity contribution is 0.455. The second-order valence-electron chi connectivity index (χ2n) is 5.17. The zero-order valence-electron chi connectivity index (χ0n) is 10.5. The monoisotopic (exact) mass is 239 g/mol. The van der Waals surface area contributed by atoms with Gasteiger partial charge in [0, 0.05) is 17.1 Å². The minimum atomic E-state index is 0.262. The molecule has 92 valence electrons. The summed E-state index contributed by atoms with van der Waals surface area (Å²) < 4.78 is 0. The summed E-state index contributed by atoms with van der Waals surface area (Å²) in [4.78, 5) is 0. The van der Waals surface area contributed by atoms with Crippen molar-refractivity contribution in [2.75, 3.05) is 0 Å². The molecule has 0 aromatic heterocycles. The van der Waals surface area contributed by atoms with Crippen LogP contribution in [0.5, 0.6) is 0 Å². The van der Waals surface area contributed by atoms with E-state index in [1.165, 1.54) is 5.56 Å². The quantitative estimate of drug-likeness (QED) is 0.693. The minimum Gasteiger partial charge on any atom is -0.325 e. The molecule has 0 bridgehead atoms. The van der Waals surface area contributed by atoms with Gasteiger partial charge in [0.05, 0.1) is 0 Å². The molecule has 0 saturated carbocycles. The molecular formula is C15H17N3. The fourth-order valence-electron chi connectivity index (χ4n) is 3.13. The summed E-state index contributed by atoms with van der Waals surface area (Å²) in [5.41, 5.74) is 3.36. The van der Waals surface area contributed by atoms with Crippen molar-refractivity contribution >= 4 is 11.7 Å². The van der Waals surface area contributed by atoms with E-state index in [2.05, 4.69) is 24.4 Å². The molecule has 2 aliphatic rings. The Hall–Kier alpha value is -1.90. The van der Waals surface area contributed by atoms with Crippen LogP contribution < -0.4 is 5.32 Å². The molecule has 3 nitrogen and oxygen atoms in total. The number of hydrogen-bond donors (Lipinski definition) is 3. The van der Waals surface area contributed by atoms with E-state index in [9.17, 15) is 0 Å². The van der Waals surface area contributed by atoms with Gasteiger partial charge >= 0.3 is 0 Å². The highest BCUT2D eigenvalue weighted by Crippen LogP contribution is 2.43. The molecule has 1 aromatic rings. The van der Waals surface area contributed by atoms with Gasteiger partial charge in [0.2, 0.25) is 0 Å². The zero-order valence-corrected chi connectivity index (χ0v) is 10.5. The summed E-state index contributed by atoms with van der Waals surface area (Å²) in [5, 5.41) is 18.8. The van der Waals surface area contributed by atoms with Crippen molar-refractivity contribution in [3.8, 4) is 0 Å². The highest BCUT2D eigenvalue weighted by Gasteiger charge is 2.37. The van der Waals surface area contributed by atoms with Crippen molar-refractivity contribution in [3.63, 3.8) is 0 Å². The molecular weight excluding hydrogens is 222 g/mol. The molecule has 2 unspecified atom stereocenters. The van der Waals surface area contributed by atoms with Gasteiger partial charge in [0.1, 0.15) is 11.7 Å². The largest absolute Gasteiger partial charge is 0.325 e. The Kier molecular flexibility index (Phi) is 2.54. The van der Waals surface area contributed by atoms with E-state index < -0.39 is 0 Å². The first-order chi connectivity index (χ1) is 8.68. The van der Waals surface area contributed by atoms with E-state index in [0.29, 0.717) is 17.6 Å². The maximum atomic E-state index is 8.06. The maximum Gasteiger partial charge on any atom is 0.127 e. The Labute approximate surface area is 107 Å². The maximum absolute atomic E-state index is 8.06. The van der Waals surface area contributed by atoms with Crippen LogP contribution in [0.25, 0.3) is 0 Å². The van der Waals surface area contributed by atoms with E-state index in [4.69, 9.17) is 10.8 Å². The average Bonchev–Trinajstić information content (AvgIpc) is 2.66. The van der Waals surface area contributed by atoms with E-state index in [0.717, 1.165) is 24.0 Å². The molecule has 18 heavy (non-hydrogen) atoms. The van der Waals surface area contributed by atoms with Crippen LogP contribution in [0.2, 0.25) is 0 Å². The molecule has 1 aliphatic heterocycles. The van der Waals surface area contributed by atoms with Crippen LogP contribution in [0.1, 0.15) is 31.2 Å². The van der Waals surface area contributed by atoms with Crippen molar-refractivity contribution in [1.82, 2.24) is 5.32 Å². The van der Waals surface area contributed by atoms with E-state index in [1.54, 1.807) is 0 Å². The van der Waals surface area contributed by atoms with E-state index in [1.807, 2.05) is 18.2 Å². The number of benzene rings is 1. The van der Waals surface area contributed by atoms with Crippen LogP contribution in [-0.2, 0) is 0 Å². The van der Waals surface area contributed by atoms with Crippen LogP contribution >= 0.6 is 0 Å². The smallest absolute Gasteiger partial charge is 0.127 e. The van der Waals surface area contributed by atoms with Gasteiger partial charge in [-0.15, -0.1) is 0 Å².